The van der Waals surface area contributed by atoms with Crippen molar-refractivity contribution in [2.45, 2.75) is 13.3 Å². The topological polar surface area (TPSA) is 101 Å². The highest BCUT2D eigenvalue weighted by molar-refractivity contribution is 5.51. The summed E-state index contributed by atoms with van der Waals surface area (Å²) in [6.07, 6.45) is 0.523. The van der Waals surface area contributed by atoms with Gasteiger partial charge in [0.2, 0.25) is 0 Å². The van der Waals surface area contributed by atoms with Gasteiger partial charge in [-0.2, -0.15) is 0 Å². The van der Waals surface area contributed by atoms with E-state index in [0.29, 0.717) is 18.5 Å². The molecule has 0 saturated carbocycles. The lowest BCUT2D eigenvalue weighted by Crippen LogP contribution is -2.03. The van der Waals surface area contributed by atoms with Crippen LogP contribution in [-0.2, 0) is 0 Å². The summed E-state index contributed by atoms with van der Waals surface area (Å²) in [4.78, 5) is 12.9. The fourth-order valence-corrected chi connectivity index (χ4v) is 1.32. The van der Waals surface area contributed by atoms with E-state index in [1.807, 2.05) is 0 Å². The number of hydrogen-bond acceptors (Lipinski definition) is 4. The van der Waals surface area contributed by atoms with Crippen LogP contribution in [0.3, 0.4) is 0 Å². The molecule has 0 atom stereocenters. The van der Waals surface area contributed by atoms with Crippen LogP contribution < -0.4 is 4.74 Å². The third-order valence-corrected chi connectivity index (χ3v) is 2.10. The molecule has 17 heavy (non-hydrogen) atoms. The van der Waals surface area contributed by atoms with E-state index in [0.717, 1.165) is 0 Å². The maximum atomic E-state index is 10.8. The van der Waals surface area contributed by atoms with Gasteiger partial charge in [0.15, 0.2) is 5.75 Å². The first-order valence-corrected chi connectivity index (χ1v) is 5.04. The third kappa shape index (κ3) is 3.66. The molecule has 0 N–H and O–H groups in total. The lowest BCUT2D eigenvalue weighted by atomic mass is 10.2. The summed E-state index contributed by atoms with van der Waals surface area (Å²) in [6, 6.07) is 4.76. The molecule has 0 unspecified atom stereocenters. The molecule has 1 rings (SSSR count). The number of aryl methyl sites for hydroxylation is 1. The monoisotopic (exact) mass is 236 g/mol. The molecule has 0 spiro atoms. The van der Waals surface area contributed by atoms with E-state index in [2.05, 4.69) is 10.0 Å². The molecule has 7 heteroatoms. The van der Waals surface area contributed by atoms with Crippen LogP contribution in [0, 0.1) is 17.0 Å². The van der Waals surface area contributed by atoms with Crippen molar-refractivity contribution in [1.29, 1.82) is 0 Å². The van der Waals surface area contributed by atoms with Crippen LogP contribution in [-0.4, -0.2) is 18.1 Å². The van der Waals surface area contributed by atoms with Crippen molar-refractivity contribution in [3.8, 4) is 5.75 Å². The van der Waals surface area contributed by atoms with Gasteiger partial charge in [0.1, 0.15) is 0 Å². The number of nitrogens with zero attached hydrogens (tertiary/aromatic N) is 4. The van der Waals surface area contributed by atoms with Crippen molar-refractivity contribution >= 4 is 5.69 Å². The molecule has 0 radical (unpaired) electrons. The Balaban J connectivity index is 2.69. The van der Waals surface area contributed by atoms with Gasteiger partial charge in [0.25, 0.3) is 0 Å². The average Bonchev–Trinajstić information content (AvgIpc) is 2.30. The first kappa shape index (κ1) is 12.8. The van der Waals surface area contributed by atoms with E-state index in [9.17, 15) is 10.1 Å². The van der Waals surface area contributed by atoms with Crippen molar-refractivity contribution in [1.82, 2.24) is 0 Å². The zero-order valence-electron chi connectivity index (χ0n) is 9.37. The first-order chi connectivity index (χ1) is 8.16. The molecule has 90 valence electrons. The van der Waals surface area contributed by atoms with Gasteiger partial charge in [-0.3, -0.25) is 10.1 Å². The molecular formula is C10H12N4O3. The van der Waals surface area contributed by atoms with Crippen molar-refractivity contribution in [2.75, 3.05) is 13.2 Å². The van der Waals surface area contributed by atoms with Crippen LogP contribution >= 0.6 is 0 Å². The molecule has 0 aliphatic rings. The molecule has 7 nitrogen and oxygen atoms in total. The van der Waals surface area contributed by atoms with Crippen LogP contribution in [0.4, 0.5) is 5.69 Å². The molecule has 0 amide bonds. The Hall–Kier alpha value is -2.27. The Bertz CT molecular complexity index is 455. The zero-order chi connectivity index (χ0) is 12.7. The predicted octanol–water partition coefficient (Wildman–Crippen LogP) is 2.98. The summed E-state index contributed by atoms with van der Waals surface area (Å²) in [5.41, 5.74) is 8.74. The van der Waals surface area contributed by atoms with Crippen LogP contribution in [0.15, 0.2) is 23.3 Å². The lowest BCUT2D eigenvalue weighted by molar-refractivity contribution is -0.385. The normalized spacial score (nSPS) is 9.47. The highest BCUT2D eigenvalue weighted by Gasteiger charge is 2.16. The number of hydrogen-bond donors (Lipinski definition) is 0. The number of ether oxygens (including phenoxy) is 1. The summed E-state index contributed by atoms with van der Waals surface area (Å²) < 4.78 is 5.35. The smallest absolute Gasteiger partial charge is 0.311 e. The van der Waals surface area contributed by atoms with Gasteiger partial charge >= 0.3 is 5.69 Å². The van der Waals surface area contributed by atoms with Gasteiger partial charge < -0.3 is 4.74 Å². The second-order valence-electron chi connectivity index (χ2n) is 3.34. The van der Waals surface area contributed by atoms with E-state index in [1.54, 1.807) is 19.1 Å². The summed E-state index contributed by atoms with van der Waals surface area (Å²) in [6.45, 7) is 2.34. The molecule has 0 aliphatic heterocycles. The zero-order valence-corrected chi connectivity index (χ0v) is 9.37. The minimum absolute atomic E-state index is 0.0474. The minimum Gasteiger partial charge on any atom is -0.487 e. The quantitative estimate of drug-likeness (QED) is 0.189. The predicted molar refractivity (Wildman–Crippen MR) is 62.0 cm³/mol. The molecule has 0 aromatic heterocycles. The Morgan fingerprint density at radius 2 is 2.35 bits per heavy atom. The Morgan fingerprint density at radius 3 is 3.00 bits per heavy atom. The molecule has 0 bridgehead atoms. The van der Waals surface area contributed by atoms with Crippen molar-refractivity contribution in [2.24, 2.45) is 5.11 Å². The summed E-state index contributed by atoms with van der Waals surface area (Å²) in [7, 11) is 0. The largest absolute Gasteiger partial charge is 0.487 e. The summed E-state index contributed by atoms with van der Waals surface area (Å²) >= 11 is 0. The van der Waals surface area contributed by atoms with Crippen LogP contribution in [0.5, 0.6) is 5.75 Å². The van der Waals surface area contributed by atoms with Crippen LogP contribution in [0.1, 0.15) is 12.0 Å². The van der Waals surface area contributed by atoms with Gasteiger partial charge in [-0.25, -0.2) is 0 Å². The number of nitro groups is 1. The summed E-state index contributed by atoms with van der Waals surface area (Å²) in [5, 5.41) is 14.1. The van der Waals surface area contributed by atoms with Gasteiger partial charge in [-0.05, 0) is 24.4 Å². The molecule has 0 fully saturated rings. The van der Waals surface area contributed by atoms with Gasteiger partial charge in [0, 0.05) is 17.5 Å². The summed E-state index contributed by atoms with van der Waals surface area (Å²) in [5.74, 6) is 0.276. The molecule has 0 aliphatic carbocycles. The Kier molecular flexibility index (Phi) is 4.77. The number of benzene rings is 1. The first-order valence-electron chi connectivity index (χ1n) is 5.04. The highest BCUT2D eigenvalue weighted by atomic mass is 16.6. The van der Waals surface area contributed by atoms with Crippen LogP contribution in [0.2, 0.25) is 0 Å². The van der Waals surface area contributed by atoms with Crippen LogP contribution in [0.25, 0.3) is 10.4 Å². The van der Waals surface area contributed by atoms with E-state index >= 15 is 0 Å². The fraction of sp³-hybridized carbons (Fsp3) is 0.400. The Labute approximate surface area is 97.8 Å². The van der Waals surface area contributed by atoms with Crippen molar-refractivity contribution < 1.29 is 9.66 Å². The molecular weight excluding hydrogens is 224 g/mol. The fourth-order valence-electron chi connectivity index (χ4n) is 1.32. The SMILES string of the molecule is Cc1cccc([N+](=O)[O-])c1OCCCN=[N+]=[N-]. The van der Waals surface area contributed by atoms with Gasteiger partial charge in [0.05, 0.1) is 11.5 Å². The lowest BCUT2D eigenvalue weighted by Gasteiger charge is -2.08. The number of nitro benzene ring substituents is 1. The molecule has 1 aromatic carbocycles. The van der Waals surface area contributed by atoms with Gasteiger partial charge in [-0.1, -0.05) is 17.2 Å². The van der Waals surface area contributed by atoms with E-state index in [1.165, 1.54) is 6.07 Å². The number of azide groups is 1. The van der Waals surface area contributed by atoms with E-state index < -0.39 is 4.92 Å². The Morgan fingerprint density at radius 1 is 1.59 bits per heavy atom. The van der Waals surface area contributed by atoms with Gasteiger partial charge in [-0.15, -0.1) is 0 Å². The standard InChI is InChI=1S/C10H12N4O3/c1-8-4-2-5-9(14(15)16)10(8)17-7-3-6-12-13-11/h2,4-5H,3,6-7H2,1H3. The average molecular weight is 236 g/mol. The van der Waals surface area contributed by atoms with Crippen molar-refractivity contribution in [3.05, 3.63) is 44.3 Å². The third-order valence-electron chi connectivity index (χ3n) is 2.10. The maximum absolute atomic E-state index is 10.8. The molecule has 0 saturated heterocycles. The minimum atomic E-state index is -0.476. The number of rotatable bonds is 6. The second-order valence-corrected chi connectivity index (χ2v) is 3.34. The number of para-hydroxylation sites is 1. The molecule has 0 heterocycles. The van der Waals surface area contributed by atoms with E-state index in [-0.39, 0.29) is 18.0 Å². The highest BCUT2D eigenvalue weighted by Crippen LogP contribution is 2.30. The maximum Gasteiger partial charge on any atom is 0.311 e. The van der Waals surface area contributed by atoms with E-state index in [4.69, 9.17) is 10.3 Å². The molecule has 1 aromatic rings. The van der Waals surface area contributed by atoms with Crippen molar-refractivity contribution in [3.63, 3.8) is 0 Å². The second kappa shape index (κ2) is 6.34.